The lowest BCUT2D eigenvalue weighted by Gasteiger charge is -2.07. The number of hydrogen-bond acceptors (Lipinski definition) is 5. The van der Waals surface area contributed by atoms with E-state index in [0.717, 1.165) is 17.5 Å². The summed E-state index contributed by atoms with van der Waals surface area (Å²) >= 11 is 1.46. The van der Waals surface area contributed by atoms with E-state index >= 15 is 0 Å². The first kappa shape index (κ1) is 21.1. The van der Waals surface area contributed by atoms with Crippen LogP contribution >= 0.6 is 23.7 Å². The number of aryl methyl sites for hydroxylation is 2. The van der Waals surface area contributed by atoms with E-state index in [0.29, 0.717) is 29.9 Å². The first-order valence-corrected chi connectivity index (χ1v) is 9.48. The standard InChI is InChI=1S/C19H22N4O2S.ClH/c1-13-3-5-14(6-4-13)15-11-26-18-17(15)19(25)23(12-22-18)10-7-16(24)21-9-2-8-20;/h3-6,11-12H,2,7-10,20H2,1H3,(H,21,24);1H. The molecule has 8 heteroatoms. The third-order valence-corrected chi connectivity index (χ3v) is 5.09. The Labute approximate surface area is 167 Å². The van der Waals surface area contributed by atoms with Crippen molar-refractivity contribution in [2.75, 3.05) is 13.1 Å². The molecule has 1 amide bonds. The number of aromatic nitrogens is 2. The predicted molar refractivity (Wildman–Crippen MR) is 113 cm³/mol. The molecular weight excluding hydrogens is 384 g/mol. The number of carbonyl (C=O) groups excluding carboxylic acids is 1. The second-order valence-corrected chi connectivity index (χ2v) is 7.04. The van der Waals surface area contributed by atoms with E-state index in [1.54, 1.807) is 0 Å². The number of rotatable bonds is 7. The Balaban J connectivity index is 0.00000261. The summed E-state index contributed by atoms with van der Waals surface area (Å²) in [4.78, 5) is 29.9. The van der Waals surface area contributed by atoms with Crippen molar-refractivity contribution >= 4 is 39.9 Å². The largest absolute Gasteiger partial charge is 0.356 e. The summed E-state index contributed by atoms with van der Waals surface area (Å²) in [5, 5.41) is 5.38. The SMILES string of the molecule is Cc1ccc(-c2csc3ncn(CCC(=O)NCCCN)c(=O)c23)cc1.Cl. The Morgan fingerprint density at radius 2 is 2.04 bits per heavy atom. The van der Waals surface area contributed by atoms with Gasteiger partial charge >= 0.3 is 0 Å². The van der Waals surface area contributed by atoms with Crippen molar-refractivity contribution in [3.8, 4) is 11.1 Å². The van der Waals surface area contributed by atoms with E-state index in [1.165, 1.54) is 27.8 Å². The van der Waals surface area contributed by atoms with E-state index in [9.17, 15) is 9.59 Å². The quantitative estimate of drug-likeness (QED) is 0.590. The number of benzene rings is 1. The number of carbonyl (C=O) groups is 1. The normalized spacial score (nSPS) is 10.6. The number of fused-ring (bicyclic) bond motifs is 1. The van der Waals surface area contributed by atoms with Crippen LogP contribution in [-0.4, -0.2) is 28.5 Å². The predicted octanol–water partition coefficient (Wildman–Crippen LogP) is 2.71. The third kappa shape index (κ3) is 4.94. The van der Waals surface area contributed by atoms with Crippen molar-refractivity contribution in [3.63, 3.8) is 0 Å². The summed E-state index contributed by atoms with van der Waals surface area (Å²) in [5.41, 5.74) is 8.36. The van der Waals surface area contributed by atoms with E-state index in [-0.39, 0.29) is 30.3 Å². The number of nitrogens with two attached hydrogens (primary N) is 1. The summed E-state index contributed by atoms with van der Waals surface area (Å²) in [6.45, 7) is 3.44. The molecule has 0 atom stereocenters. The molecule has 0 radical (unpaired) electrons. The molecule has 27 heavy (non-hydrogen) atoms. The second kappa shape index (κ2) is 9.64. The minimum Gasteiger partial charge on any atom is -0.356 e. The molecule has 3 N–H and O–H groups in total. The Kier molecular flexibility index (Phi) is 7.53. The number of hydrogen-bond donors (Lipinski definition) is 2. The lowest BCUT2D eigenvalue weighted by atomic mass is 10.1. The molecule has 3 rings (SSSR count). The number of thiophene rings is 1. The number of halogens is 1. The van der Waals surface area contributed by atoms with Gasteiger partial charge in [-0.1, -0.05) is 29.8 Å². The zero-order valence-electron chi connectivity index (χ0n) is 15.1. The van der Waals surface area contributed by atoms with Crippen molar-refractivity contribution in [1.82, 2.24) is 14.9 Å². The van der Waals surface area contributed by atoms with Crippen molar-refractivity contribution in [2.24, 2.45) is 5.73 Å². The van der Waals surface area contributed by atoms with Gasteiger partial charge in [0.25, 0.3) is 5.56 Å². The van der Waals surface area contributed by atoms with Gasteiger partial charge in [0.15, 0.2) is 0 Å². The first-order valence-electron chi connectivity index (χ1n) is 8.60. The van der Waals surface area contributed by atoms with Gasteiger partial charge in [0, 0.05) is 30.5 Å². The highest BCUT2D eigenvalue weighted by Crippen LogP contribution is 2.30. The van der Waals surface area contributed by atoms with Gasteiger partial charge in [-0.25, -0.2) is 4.98 Å². The maximum Gasteiger partial charge on any atom is 0.262 e. The van der Waals surface area contributed by atoms with Crippen LogP contribution in [0, 0.1) is 6.92 Å². The molecule has 0 aliphatic rings. The van der Waals surface area contributed by atoms with Gasteiger partial charge in [-0.2, -0.15) is 0 Å². The lowest BCUT2D eigenvalue weighted by molar-refractivity contribution is -0.121. The van der Waals surface area contributed by atoms with E-state index in [1.807, 2.05) is 36.6 Å². The molecule has 0 spiro atoms. The van der Waals surface area contributed by atoms with Crippen LogP contribution in [0.3, 0.4) is 0 Å². The molecule has 0 bridgehead atoms. The van der Waals surface area contributed by atoms with Crippen molar-refractivity contribution in [1.29, 1.82) is 0 Å². The van der Waals surface area contributed by atoms with Crippen LogP contribution in [0.5, 0.6) is 0 Å². The fourth-order valence-corrected chi connectivity index (χ4v) is 3.62. The number of nitrogens with zero attached hydrogens (tertiary/aromatic N) is 2. The van der Waals surface area contributed by atoms with Gasteiger partial charge in [0.2, 0.25) is 5.91 Å². The van der Waals surface area contributed by atoms with Gasteiger partial charge in [-0.05, 0) is 25.5 Å². The lowest BCUT2D eigenvalue weighted by Crippen LogP contribution is -2.29. The summed E-state index contributed by atoms with van der Waals surface area (Å²) in [7, 11) is 0. The molecule has 1 aromatic carbocycles. The summed E-state index contributed by atoms with van der Waals surface area (Å²) in [6.07, 6.45) is 2.50. The van der Waals surface area contributed by atoms with Crippen molar-refractivity contribution < 1.29 is 4.79 Å². The fraction of sp³-hybridized carbons (Fsp3) is 0.316. The fourth-order valence-electron chi connectivity index (χ4n) is 2.71. The van der Waals surface area contributed by atoms with Crippen LogP contribution in [0.25, 0.3) is 21.3 Å². The zero-order valence-corrected chi connectivity index (χ0v) is 16.7. The summed E-state index contributed by atoms with van der Waals surface area (Å²) < 4.78 is 1.51. The minimum absolute atomic E-state index is 0. The Bertz CT molecular complexity index is 966. The summed E-state index contributed by atoms with van der Waals surface area (Å²) in [6, 6.07) is 8.08. The Hall–Kier alpha value is -2.22. The molecule has 0 unspecified atom stereocenters. The van der Waals surface area contributed by atoms with E-state index in [2.05, 4.69) is 10.3 Å². The van der Waals surface area contributed by atoms with E-state index in [4.69, 9.17) is 5.73 Å². The monoisotopic (exact) mass is 406 g/mol. The maximum absolute atomic E-state index is 12.9. The minimum atomic E-state index is -0.110. The molecule has 0 aliphatic carbocycles. The molecule has 6 nitrogen and oxygen atoms in total. The second-order valence-electron chi connectivity index (χ2n) is 6.18. The number of nitrogens with one attached hydrogen (secondary N) is 1. The van der Waals surface area contributed by atoms with Crippen molar-refractivity contribution in [3.05, 3.63) is 51.9 Å². The molecule has 144 valence electrons. The molecule has 0 aliphatic heterocycles. The highest BCUT2D eigenvalue weighted by molar-refractivity contribution is 7.17. The van der Waals surface area contributed by atoms with Gasteiger partial charge in [-0.15, -0.1) is 23.7 Å². The maximum atomic E-state index is 12.9. The average molecular weight is 407 g/mol. The smallest absolute Gasteiger partial charge is 0.262 e. The van der Waals surface area contributed by atoms with Crippen LogP contribution in [-0.2, 0) is 11.3 Å². The molecule has 2 aromatic heterocycles. The summed E-state index contributed by atoms with van der Waals surface area (Å²) in [5.74, 6) is -0.0884. The Morgan fingerprint density at radius 3 is 2.74 bits per heavy atom. The van der Waals surface area contributed by atoms with Crippen molar-refractivity contribution in [2.45, 2.75) is 26.3 Å². The van der Waals surface area contributed by atoms with Gasteiger partial charge in [-0.3, -0.25) is 14.2 Å². The molecule has 2 heterocycles. The molecule has 3 aromatic rings. The van der Waals surface area contributed by atoms with Crippen LogP contribution in [0.2, 0.25) is 0 Å². The molecular formula is C19H23ClN4O2S. The molecule has 0 fully saturated rings. The van der Waals surface area contributed by atoms with Crippen LogP contribution in [0.4, 0.5) is 0 Å². The highest BCUT2D eigenvalue weighted by Gasteiger charge is 2.13. The van der Waals surface area contributed by atoms with Gasteiger partial charge in [0.1, 0.15) is 4.83 Å². The van der Waals surface area contributed by atoms with Crippen LogP contribution in [0.1, 0.15) is 18.4 Å². The average Bonchev–Trinajstić information content (AvgIpc) is 3.07. The zero-order chi connectivity index (χ0) is 18.5. The molecule has 0 saturated carbocycles. The highest BCUT2D eigenvalue weighted by atomic mass is 35.5. The Morgan fingerprint density at radius 1 is 1.30 bits per heavy atom. The van der Waals surface area contributed by atoms with E-state index < -0.39 is 0 Å². The van der Waals surface area contributed by atoms with Crippen LogP contribution < -0.4 is 16.6 Å². The topological polar surface area (TPSA) is 90.0 Å². The number of amides is 1. The van der Waals surface area contributed by atoms with Gasteiger partial charge in [0.05, 0.1) is 11.7 Å². The van der Waals surface area contributed by atoms with Crippen LogP contribution in [0.15, 0.2) is 40.8 Å². The molecule has 0 saturated heterocycles. The van der Waals surface area contributed by atoms with Gasteiger partial charge < -0.3 is 11.1 Å². The first-order chi connectivity index (χ1) is 12.6. The third-order valence-electron chi connectivity index (χ3n) is 4.21.